The molecule has 1 aromatic heterocycles. The van der Waals surface area contributed by atoms with Crippen LogP contribution >= 0.6 is 0 Å². The first-order valence-electron chi connectivity index (χ1n) is 6.25. The lowest BCUT2D eigenvalue weighted by atomic mass is 10.1. The summed E-state index contributed by atoms with van der Waals surface area (Å²) in [4.78, 5) is 4.34. The number of fused-ring (bicyclic) bond motifs is 1. The van der Waals surface area contributed by atoms with E-state index in [4.69, 9.17) is 0 Å². The van der Waals surface area contributed by atoms with Crippen LogP contribution < -0.4 is 5.32 Å². The second-order valence-electron chi connectivity index (χ2n) is 4.50. The molecule has 0 bridgehead atoms. The fourth-order valence-corrected chi connectivity index (χ4v) is 2.16. The molecule has 0 saturated heterocycles. The third-order valence-corrected chi connectivity index (χ3v) is 3.06. The van der Waals surface area contributed by atoms with Crippen molar-refractivity contribution >= 4 is 16.6 Å². The minimum atomic E-state index is -0.594. The lowest BCUT2D eigenvalue weighted by Crippen LogP contribution is -2.01. The number of aromatic nitrogens is 1. The number of anilines is 1. The fourth-order valence-electron chi connectivity index (χ4n) is 2.16. The molecule has 0 atom stereocenters. The lowest BCUT2D eigenvalue weighted by Gasteiger charge is -2.09. The first-order chi connectivity index (χ1) is 9.72. The molecule has 0 aliphatic heterocycles. The highest BCUT2D eigenvalue weighted by Crippen LogP contribution is 2.18. The number of halogens is 2. The van der Waals surface area contributed by atoms with E-state index in [1.807, 2.05) is 30.3 Å². The Morgan fingerprint density at radius 3 is 2.50 bits per heavy atom. The molecule has 0 spiro atoms. The van der Waals surface area contributed by atoms with Crippen molar-refractivity contribution in [2.45, 2.75) is 6.54 Å². The summed E-state index contributed by atoms with van der Waals surface area (Å²) in [7, 11) is 0. The summed E-state index contributed by atoms with van der Waals surface area (Å²) in [6.45, 7) is 0.456. The Morgan fingerprint density at radius 1 is 0.950 bits per heavy atom. The molecule has 0 amide bonds. The van der Waals surface area contributed by atoms with Crippen molar-refractivity contribution in [1.82, 2.24) is 4.98 Å². The van der Waals surface area contributed by atoms with Gasteiger partial charge in [0.05, 0.1) is 5.52 Å². The number of rotatable bonds is 3. The van der Waals surface area contributed by atoms with Gasteiger partial charge >= 0.3 is 0 Å². The molecule has 100 valence electrons. The van der Waals surface area contributed by atoms with Crippen molar-refractivity contribution in [2.24, 2.45) is 0 Å². The van der Waals surface area contributed by atoms with Gasteiger partial charge in [0.1, 0.15) is 11.6 Å². The van der Waals surface area contributed by atoms with Crippen molar-refractivity contribution in [2.75, 3.05) is 5.32 Å². The van der Waals surface area contributed by atoms with Gasteiger partial charge in [0.25, 0.3) is 0 Å². The van der Waals surface area contributed by atoms with Crippen molar-refractivity contribution in [1.29, 1.82) is 0 Å². The van der Waals surface area contributed by atoms with E-state index in [-0.39, 0.29) is 0 Å². The van der Waals surface area contributed by atoms with Gasteiger partial charge < -0.3 is 5.32 Å². The molecule has 0 unspecified atom stereocenters. The number of hydrogen-bond acceptors (Lipinski definition) is 2. The average molecular weight is 270 g/mol. The molecule has 3 rings (SSSR count). The van der Waals surface area contributed by atoms with Crippen molar-refractivity contribution < 1.29 is 8.78 Å². The predicted molar refractivity (Wildman–Crippen MR) is 75.4 cm³/mol. The van der Waals surface area contributed by atoms with Crippen LogP contribution in [0.25, 0.3) is 10.9 Å². The Hall–Kier alpha value is -2.49. The summed E-state index contributed by atoms with van der Waals surface area (Å²) < 4.78 is 26.2. The largest absolute Gasteiger partial charge is 0.381 e. The van der Waals surface area contributed by atoms with E-state index in [1.165, 1.54) is 12.1 Å². The number of nitrogens with zero attached hydrogens (tertiary/aromatic N) is 1. The number of para-hydroxylation sites is 1. The predicted octanol–water partition coefficient (Wildman–Crippen LogP) is 4.13. The molecule has 3 aromatic rings. The zero-order valence-electron chi connectivity index (χ0n) is 10.6. The Morgan fingerprint density at radius 2 is 1.70 bits per heavy atom. The Balaban J connectivity index is 1.87. The van der Waals surface area contributed by atoms with E-state index in [9.17, 15) is 8.78 Å². The number of benzene rings is 2. The number of hydrogen-bond donors (Lipinski definition) is 1. The van der Waals surface area contributed by atoms with E-state index < -0.39 is 11.6 Å². The van der Waals surface area contributed by atoms with Crippen LogP contribution in [0.2, 0.25) is 0 Å². The molecule has 0 radical (unpaired) electrons. The number of pyridine rings is 1. The van der Waals surface area contributed by atoms with Gasteiger partial charge in [-0.1, -0.05) is 24.3 Å². The SMILES string of the molecule is Fc1cc(F)cc(NCc2cccc3cccnc23)c1. The highest BCUT2D eigenvalue weighted by atomic mass is 19.1. The standard InChI is InChI=1S/C16H12F2N2/c17-13-7-14(18)9-15(8-13)20-10-12-4-1-3-11-5-2-6-19-16(11)12/h1-9,20H,10H2. The van der Waals surface area contributed by atoms with Gasteiger partial charge in [-0.05, 0) is 23.8 Å². The molecule has 0 aliphatic rings. The molecule has 4 heteroatoms. The fraction of sp³-hybridized carbons (Fsp3) is 0.0625. The van der Waals surface area contributed by atoms with Gasteiger partial charge in [-0.25, -0.2) is 8.78 Å². The van der Waals surface area contributed by atoms with E-state index in [1.54, 1.807) is 6.20 Å². The zero-order valence-corrected chi connectivity index (χ0v) is 10.6. The van der Waals surface area contributed by atoms with Crippen LogP contribution in [0.5, 0.6) is 0 Å². The van der Waals surface area contributed by atoms with Crippen LogP contribution in [0.4, 0.5) is 14.5 Å². The van der Waals surface area contributed by atoms with Crippen molar-refractivity contribution in [3.63, 3.8) is 0 Å². The first kappa shape index (κ1) is 12.5. The second-order valence-corrected chi connectivity index (χ2v) is 4.50. The van der Waals surface area contributed by atoms with Crippen LogP contribution in [-0.4, -0.2) is 4.98 Å². The van der Waals surface area contributed by atoms with Crippen molar-refractivity contribution in [3.8, 4) is 0 Å². The zero-order chi connectivity index (χ0) is 13.9. The van der Waals surface area contributed by atoms with Crippen LogP contribution in [0.3, 0.4) is 0 Å². The maximum absolute atomic E-state index is 13.1. The summed E-state index contributed by atoms with van der Waals surface area (Å²) in [6.07, 6.45) is 1.73. The van der Waals surface area contributed by atoms with E-state index in [0.717, 1.165) is 22.5 Å². The van der Waals surface area contributed by atoms with Crippen LogP contribution in [-0.2, 0) is 6.54 Å². The molecule has 2 aromatic carbocycles. The molecule has 2 nitrogen and oxygen atoms in total. The topological polar surface area (TPSA) is 24.9 Å². The summed E-state index contributed by atoms with van der Waals surface area (Å²) in [5.41, 5.74) is 2.28. The maximum atomic E-state index is 13.1. The Bertz CT molecular complexity index is 731. The summed E-state index contributed by atoms with van der Waals surface area (Å²) in [5, 5.41) is 4.05. The van der Waals surface area contributed by atoms with E-state index in [0.29, 0.717) is 12.2 Å². The highest BCUT2D eigenvalue weighted by Gasteiger charge is 2.03. The Labute approximate surface area is 115 Å². The maximum Gasteiger partial charge on any atom is 0.128 e. The third-order valence-electron chi connectivity index (χ3n) is 3.06. The van der Waals surface area contributed by atoms with Gasteiger partial charge in [-0.3, -0.25) is 4.98 Å². The molecule has 20 heavy (non-hydrogen) atoms. The molecule has 0 aliphatic carbocycles. The summed E-state index contributed by atoms with van der Waals surface area (Å²) >= 11 is 0. The average Bonchev–Trinajstić information content (AvgIpc) is 2.44. The van der Waals surface area contributed by atoms with Crippen molar-refractivity contribution in [3.05, 3.63) is 71.9 Å². The molecule has 0 fully saturated rings. The Kier molecular flexibility index (Phi) is 3.29. The second kappa shape index (κ2) is 5.25. The summed E-state index contributed by atoms with van der Waals surface area (Å²) in [5.74, 6) is -1.19. The lowest BCUT2D eigenvalue weighted by molar-refractivity contribution is 0.584. The van der Waals surface area contributed by atoms with Gasteiger partial charge in [0, 0.05) is 29.9 Å². The number of nitrogens with one attached hydrogen (secondary N) is 1. The normalized spacial score (nSPS) is 10.7. The van der Waals surface area contributed by atoms with Gasteiger partial charge in [0.15, 0.2) is 0 Å². The molecular formula is C16H12F2N2. The molecule has 0 saturated carbocycles. The minimum Gasteiger partial charge on any atom is -0.381 e. The summed E-state index contributed by atoms with van der Waals surface area (Å²) in [6, 6.07) is 13.1. The molecule has 1 heterocycles. The van der Waals surface area contributed by atoms with E-state index in [2.05, 4.69) is 10.3 Å². The minimum absolute atomic E-state index is 0.412. The molecular weight excluding hydrogens is 258 g/mol. The highest BCUT2D eigenvalue weighted by molar-refractivity contribution is 5.81. The van der Waals surface area contributed by atoms with Crippen LogP contribution in [0.1, 0.15) is 5.56 Å². The third kappa shape index (κ3) is 2.59. The quantitative estimate of drug-likeness (QED) is 0.774. The molecule has 1 N–H and O–H groups in total. The van der Waals surface area contributed by atoms with Gasteiger partial charge in [-0.2, -0.15) is 0 Å². The van der Waals surface area contributed by atoms with Gasteiger partial charge in [-0.15, -0.1) is 0 Å². The smallest absolute Gasteiger partial charge is 0.128 e. The van der Waals surface area contributed by atoms with Gasteiger partial charge in [0.2, 0.25) is 0 Å². The van der Waals surface area contributed by atoms with E-state index >= 15 is 0 Å². The van der Waals surface area contributed by atoms with Crippen LogP contribution in [0, 0.1) is 11.6 Å². The van der Waals surface area contributed by atoms with Crippen LogP contribution in [0.15, 0.2) is 54.7 Å². The monoisotopic (exact) mass is 270 g/mol. The first-order valence-corrected chi connectivity index (χ1v) is 6.25.